The van der Waals surface area contributed by atoms with E-state index in [2.05, 4.69) is 5.32 Å². The highest BCUT2D eigenvalue weighted by Gasteiger charge is 2.16. The van der Waals surface area contributed by atoms with Crippen LogP contribution in [-0.4, -0.2) is 48.1 Å². The third kappa shape index (κ3) is 5.37. The van der Waals surface area contributed by atoms with Crippen molar-refractivity contribution >= 4 is 11.9 Å². The Labute approximate surface area is 90.5 Å². The van der Waals surface area contributed by atoms with Gasteiger partial charge in [-0.1, -0.05) is 13.8 Å². The van der Waals surface area contributed by atoms with E-state index in [0.29, 0.717) is 13.1 Å². The molecule has 0 aromatic heterocycles. The molecule has 0 rings (SSSR count). The Morgan fingerprint density at radius 3 is 2.27 bits per heavy atom. The molecule has 1 atom stereocenters. The Hall–Kier alpha value is -1.10. The van der Waals surface area contributed by atoms with Crippen molar-refractivity contribution in [2.24, 2.45) is 5.92 Å². The van der Waals surface area contributed by atoms with Crippen molar-refractivity contribution in [3.63, 3.8) is 0 Å². The molecule has 0 aromatic carbocycles. The first kappa shape index (κ1) is 13.9. The lowest BCUT2D eigenvalue weighted by Crippen LogP contribution is -2.41. The molecule has 0 saturated heterocycles. The molecular weight excluding hydrogens is 196 g/mol. The summed E-state index contributed by atoms with van der Waals surface area (Å²) < 4.78 is 0. The van der Waals surface area contributed by atoms with Crippen LogP contribution in [0, 0.1) is 5.92 Å². The van der Waals surface area contributed by atoms with Crippen LogP contribution in [0.15, 0.2) is 0 Å². The molecule has 0 heterocycles. The van der Waals surface area contributed by atoms with E-state index in [0.717, 1.165) is 0 Å². The van der Waals surface area contributed by atoms with Crippen LogP contribution in [0.25, 0.3) is 0 Å². The molecule has 5 heteroatoms. The molecule has 0 radical (unpaired) electrons. The first-order valence-corrected chi connectivity index (χ1v) is 5.07. The van der Waals surface area contributed by atoms with Crippen molar-refractivity contribution in [3.05, 3.63) is 0 Å². The second-order valence-corrected chi connectivity index (χ2v) is 3.94. The van der Waals surface area contributed by atoms with Gasteiger partial charge in [0.2, 0.25) is 5.91 Å². The summed E-state index contributed by atoms with van der Waals surface area (Å²) in [6.45, 7) is 6.27. The standard InChI is InChI=1S/C10H20N2O3/c1-7(2)9(13)11-5-6-12(4)8(3)10(14)15/h7-8H,5-6H2,1-4H3,(H,11,13)(H,14,15). The number of aliphatic carboxylic acids is 1. The number of carbonyl (C=O) groups excluding carboxylic acids is 1. The Bertz CT molecular complexity index is 229. The molecule has 1 unspecified atom stereocenters. The zero-order valence-electron chi connectivity index (χ0n) is 9.78. The van der Waals surface area contributed by atoms with Crippen LogP contribution >= 0.6 is 0 Å². The van der Waals surface area contributed by atoms with Crippen LogP contribution in [0.2, 0.25) is 0 Å². The minimum absolute atomic E-state index is 0.00798. The number of carbonyl (C=O) groups is 2. The number of amides is 1. The maximum absolute atomic E-state index is 11.2. The first-order valence-electron chi connectivity index (χ1n) is 5.07. The van der Waals surface area contributed by atoms with E-state index in [1.807, 2.05) is 13.8 Å². The minimum Gasteiger partial charge on any atom is -0.480 e. The van der Waals surface area contributed by atoms with Gasteiger partial charge in [-0.3, -0.25) is 14.5 Å². The van der Waals surface area contributed by atoms with Gasteiger partial charge in [0.15, 0.2) is 0 Å². The SMILES string of the molecule is CC(C)C(=O)NCCN(C)C(C)C(=O)O. The van der Waals surface area contributed by atoms with Gasteiger partial charge in [0.05, 0.1) is 0 Å². The van der Waals surface area contributed by atoms with Crippen molar-refractivity contribution in [1.82, 2.24) is 10.2 Å². The van der Waals surface area contributed by atoms with E-state index in [1.54, 1.807) is 18.9 Å². The predicted molar refractivity (Wildman–Crippen MR) is 57.6 cm³/mol. The van der Waals surface area contributed by atoms with Gasteiger partial charge in [-0.15, -0.1) is 0 Å². The largest absolute Gasteiger partial charge is 0.480 e. The van der Waals surface area contributed by atoms with Gasteiger partial charge in [-0.2, -0.15) is 0 Å². The number of hydrogen-bond donors (Lipinski definition) is 2. The topological polar surface area (TPSA) is 69.6 Å². The quantitative estimate of drug-likeness (QED) is 0.663. The van der Waals surface area contributed by atoms with Crippen molar-refractivity contribution in [1.29, 1.82) is 0 Å². The third-order valence-corrected chi connectivity index (χ3v) is 2.31. The number of rotatable bonds is 6. The average molecular weight is 216 g/mol. The number of carboxylic acid groups (broad SMARTS) is 1. The van der Waals surface area contributed by atoms with Crippen LogP contribution in [0.5, 0.6) is 0 Å². The summed E-state index contributed by atoms with van der Waals surface area (Å²) in [6, 6.07) is -0.527. The fourth-order valence-corrected chi connectivity index (χ4v) is 0.942. The van der Waals surface area contributed by atoms with Gasteiger partial charge in [0, 0.05) is 19.0 Å². The van der Waals surface area contributed by atoms with E-state index < -0.39 is 12.0 Å². The summed E-state index contributed by atoms with van der Waals surface area (Å²) in [6.07, 6.45) is 0. The van der Waals surface area contributed by atoms with Crippen molar-refractivity contribution in [2.45, 2.75) is 26.8 Å². The average Bonchev–Trinajstić information content (AvgIpc) is 2.15. The van der Waals surface area contributed by atoms with E-state index >= 15 is 0 Å². The van der Waals surface area contributed by atoms with Crippen molar-refractivity contribution in [2.75, 3.05) is 20.1 Å². The zero-order chi connectivity index (χ0) is 12.0. The van der Waals surface area contributed by atoms with Gasteiger partial charge in [-0.05, 0) is 14.0 Å². The molecule has 0 aliphatic rings. The maximum atomic E-state index is 11.2. The molecule has 1 amide bonds. The lowest BCUT2D eigenvalue weighted by molar-refractivity contribution is -0.142. The molecule has 15 heavy (non-hydrogen) atoms. The second-order valence-electron chi connectivity index (χ2n) is 3.94. The molecule has 2 N–H and O–H groups in total. The lowest BCUT2D eigenvalue weighted by atomic mass is 10.2. The number of likely N-dealkylation sites (N-methyl/N-ethyl adjacent to an activating group) is 1. The van der Waals surface area contributed by atoms with Crippen molar-refractivity contribution < 1.29 is 14.7 Å². The molecule has 0 aliphatic carbocycles. The summed E-state index contributed by atoms with van der Waals surface area (Å²) in [5.74, 6) is -0.897. The van der Waals surface area contributed by atoms with Crippen molar-refractivity contribution in [3.8, 4) is 0 Å². The Morgan fingerprint density at radius 1 is 1.33 bits per heavy atom. The normalized spacial score (nSPS) is 12.9. The molecule has 88 valence electrons. The maximum Gasteiger partial charge on any atom is 0.320 e. The number of hydrogen-bond acceptors (Lipinski definition) is 3. The van der Waals surface area contributed by atoms with E-state index in [4.69, 9.17) is 5.11 Å². The highest BCUT2D eigenvalue weighted by molar-refractivity contribution is 5.77. The summed E-state index contributed by atoms with van der Waals surface area (Å²) >= 11 is 0. The van der Waals surface area contributed by atoms with E-state index in [9.17, 15) is 9.59 Å². The summed E-state index contributed by atoms with van der Waals surface area (Å²) in [7, 11) is 1.72. The third-order valence-electron chi connectivity index (χ3n) is 2.31. The number of carboxylic acids is 1. The van der Waals surface area contributed by atoms with Crippen LogP contribution in [0.4, 0.5) is 0 Å². The Kier molecular flexibility index (Phi) is 5.93. The minimum atomic E-state index is -0.854. The van der Waals surface area contributed by atoms with E-state index in [1.165, 1.54) is 0 Å². The van der Waals surface area contributed by atoms with Gasteiger partial charge in [0.25, 0.3) is 0 Å². The molecule has 0 fully saturated rings. The molecule has 5 nitrogen and oxygen atoms in total. The smallest absolute Gasteiger partial charge is 0.320 e. The fraction of sp³-hybridized carbons (Fsp3) is 0.800. The molecule has 0 aromatic rings. The van der Waals surface area contributed by atoms with Gasteiger partial charge < -0.3 is 10.4 Å². The number of nitrogens with zero attached hydrogens (tertiary/aromatic N) is 1. The van der Waals surface area contributed by atoms with Crippen LogP contribution < -0.4 is 5.32 Å². The Balaban J connectivity index is 3.77. The first-order chi connectivity index (χ1) is 6.86. The Morgan fingerprint density at radius 2 is 1.87 bits per heavy atom. The van der Waals surface area contributed by atoms with Crippen LogP contribution in [0.1, 0.15) is 20.8 Å². The molecule has 0 spiro atoms. The predicted octanol–water partition coefficient (Wildman–Crippen LogP) is 0.164. The molecule has 0 bridgehead atoms. The monoisotopic (exact) mass is 216 g/mol. The summed E-state index contributed by atoms with van der Waals surface area (Å²) in [5.41, 5.74) is 0. The lowest BCUT2D eigenvalue weighted by Gasteiger charge is -2.21. The highest BCUT2D eigenvalue weighted by atomic mass is 16.4. The zero-order valence-corrected chi connectivity index (χ0v) is 9.78. The number of nitrogens with one attached hydrogen (secondary N) is 1. The van der Waals surface area contributed by atoms with Gasteiger partial charge in [0.1, 0.15) is 6.04 Å². The van der Waals surface area contributed by atoms with Gasteiger partial charge in [-0.25, -0.2) is 0 Å². The van der Waals surface area contributed by atoms with Crippen LogP contribution in [0.3, 0.4) is 0 Å². The second kappa shape index (κ2) is 6.40. The van der Waals surface area contributed by atoms with Gasteiger partial charge >= 0.3 is 5.97 Å². The summed E-state index contributed by atoms with van der Waals surface area (Å²) in [5, 5.41) is 11.5. The highest BCUT2D eigenvalue weighted by Crippen LogP contribution is 1.94. The van der Waals surface area contributed by atoms with Crippen LogP contribution in [-0.2, 0) is 9.59 Å². The molecule has 0 aliphatic heterocycles. The fourth-order valence-electron chi connectivity index (χ4n) is 0.942. The summed E-state index contributed by atoms with van der Waals surface area (Å²) in [4.78, 5) is 23.5. The van der Waals surface area contributed by atoms with E-state index in [-0.39, 0.29) is 11.8 Å². The molecule has 0 saturated carbocycles. The molecular formula is C10H20N2O3.